The highest BCUT2D eigenvalue weighted by Crippen LogP contribution is 2.07. The van der Waals surface area contributed by atoms with Crippen molar-refractivity contribution in [1.82, 2.24) is 9.44 Å². The lowest BCUT2D eigenvalue weighted by Crippen LogP contribution is -2.40. The molecule has 0 heterocycles. The molecule has 0 fully saturated rings. The van der Waals surface area contributed by atoms with Gasteiger partial charge in [0.05, 0.1) is 6.10 Å². The van der Waals surface area contributed by atoms with Crippen LogP contribution in [0.5, 0.6) is 0 Å². The molecule has 112 valence electrons. The molecule has 0 aliphatic rings. The summed E-state index contributed by atoms with van der Waals surface area (Å²) in [6.45, 7) is 3.30. The van der Waals surface area contributed by atoms with Crippen molar-refractivity contribution in [3.05, 3.63) is 35.4 Å². The van der Waals surface area contributed by atoms with E-state index in [-0.39, 0.29) is 6.54 Å². The van der Waals surface area contributed by atoms with Gasteiger partial charge in [0.25, 0.3) is 0 Å². The third-order valence-corrected chi connectivity index (χ3v) is 3.44. The summed E-state index contributed by atoms with van der Waals surface area (Å²) in [6, 6.07) is 7.15. The standard InChI is InChI=1S/C12H17ClN2O4S/c1-9(2)19-12(16)15-20(17,18)14-8-11-5-3-4-10(6-11)7-13/h3-6,9,14H,7-8H2,1-2H3,(H,15,16). The van der Waals surface area contributed by atoms with Crippen LogP contribution in [0.15, 0.2) is 24.3 Å². The van der Waals surface area contributed by atoms with Crippen molar-refractivity contribution in [3.63, 3.8) is 0 Å². The molecule has 1 aromatic rings. The van der Waals surface area contributed by atoms with Crippen LogP contribution < -0.4 is 9.44 Å². The van der Waals surface area contributed by atoms with Gasteiger partial charge in [-0.25, -0.2) is 9.52 Å². The molecule has 0 saturated heterocycles. The molecule has 0 bridgehead atoms. The summed E-state index contributed by atoms with van der Waals surface area (Å²) in [5, 5.41) is 0. The van der Waals surface area contributed by atoms with Gasteiger partial charge < -0.3 is 4.74 Å². The Morgan fingerprint density at radius 2 is 2.00 bits per heavy atom. The monoisotopic (exact) mass is 320 g/mol. The highest BCUT2D eigenvalue weighted by molar-refractivity contribution is 7.88. The number of alkyl halides is 1. The number of benzene rings is 1. The molecule has 1 amide bonds. The molecule has 0 radical (unpaired) electrons. The predicted octanol–water partition coefficient (Wildman–Crippen LogP) is 1.89. The number of rotatable bonds is 6. The smallest absolute Gasteiger partial charge is 0.422 e. The number of halogens is 1. The summed E-state index contributed by atoms with van der Waals surface area (Å²) < 4.78 is 31.9. The molecule has 2 N–H and O–H groups in total. The van der Waals surface area contributed by atoms with Crippen LogP contribution in [0.25, 0.3) is 0 Å². The summed E-state index contributed by atoms with van der Waals surface area (Å²) in [5.41, 5.74) is 1.63. The van der Waals surface area contributed by atoms with Crippen molar-refractivity contribution in [3.8, 4) is 0 Å². The molecule has 8 heteroatoms. The quantitative estimate of drug-likeness (QED) is 0.784. The van der Waals surface area contributed by atoms with E-state index in [0.717, 1.165) is 11.1 Å². The van der Waals surface area contributed by atoms with Crippen LogP contribution >= 0.6 is 11.6 Å². The lowest BCUT2D eigenvalue weighted by molar-refractivity contribution is 0.121. The molecule has 6 nitrogen and oxygen atoms in total. The van der Waals surface area contributed by atoms with Crippen LogP contribution in [-0.4, -0.2) is 20.6 Å². The number of ether oxygens (including phenoxy) is 1. The number of hydrogen-bond donors (Lipinski definition) is 2. The first-order valence-corrected chi connectivity index (χ1v) is 7.96. The number of nitrogens with one attached hydrogen (secondary N) is 2. The van der Waals surface area contributed by atoms with Gasteiger partial charge in [0.1, 0.15) is 0 Å². The Labute approximate surface area is 123 Å². The molecule has 0 unspecified atom stereocenters. The van der Waals surface area contributed by atoms with Crippen molar-refractivity contribution >= 4 is 27.9 Å². The zero-order valence-electron chi connectivity index (χ0n) is 11.2. The van der Waals surface area contributed by atoms with Gasteiger partial charge in [-0.15, -0.1) is 11.6 Å². The van der Waals surface area contributed by atoms with E-state index in [1.165, 1.54) is 0 Å². The first kappa shape index (κ1) is 16.7. The maximum Gasteiger partial charge on any atom is 0.422 e. The van der Waals surface area contributed by atoms with Gasteiger partial charge >= 0.3 is 16.3 Å². The molecular formula is C12H17ClN2O4S. The Bertz CT molecular complexity index is 560. The van der Waals surface area contributed by atoms with Gasteiger partial charge in [0.2, 0.25) is 0 Å². The lowest BCUT2D eigenvalue weighted by Gasteiger charge is -2.11. The topological polar surface area (TPSA) is 84.5 Å². The molecule has 0 saturated carbocycles. The Morgan fingerprint density at radius 1 is 1.35 bits per heavy atom. The average molecular weight is 321 g/mol. The van der Waals surface area contributed by atoms with Crippen LogP contribution in [0.2, 0.25) is 0 Å². The van der Waals surface area contributed by atoms with Gasteiger partial charge in [0, 0.05) is 12.4 Å². The molecule has 1 rings (SSSR count). The number of amides is 1. The lowest BCUT2D eigenvalue weighted by atomic mass is 10.1. The highest BCUT2D eigenvalue weighted by atomic mass is 35.5. The van der Waals surface area contributed by atoms with Crippen molar-refractivity contribution in [2.75, 3.05) is 0 Å². The van der Waals surface area contributed by atoms with Crippen molar-refractivity contribution in [2.24, 2.45) is 0 Å². The summed E-state index contributed by atoms with van der Waals surface area (Å²) in [7, 11) is -3.95. The second-order valence-electron chi connectivity index (χ2n) is 4.33. The predicted molar refractivity (Wildman–Crippen MR) is 76.5 cm³/mol. The van der Waals surface area contributed by atoms with E-state index in [4.69, 9.17) is 11.6 Å². The van der Waals surface area contributed by atoms with E-state index >= 15 is 0 Å². The van der Waals surface area contributed by atoms with Gasteiger partial charge in [0.15, 0.2) is 0 Å². The Hall–Kier alpha value is -1.31. The highest BCUT2D eigenvalue weighted by Gasteiger charge is 2.15. The molecule has 20 heavy (non-hydrogen) atoms. The molecule has 0 aliphatic carbocycles. The van der Waals surface area contributed by atoms with Gasteiger partial charge in [-0.1, -0.05) is 24.3 Å². The van der Waals surface area contributed by atoms with E-state index in [1.54, 1.807) is 36.8 Å². The summed E-state index contributed by atoms with van der Waals surface area (Å²) in [6.07, 6.45) is -1.41. The molecule has 0 aliphatic heterocycles. The summed E-state index contributed by atoms with van der Waals surface area (Å²) in [5.74, 6) is 0.347. The first-order chi connectivity index (χ1) is 9.32. The maximum atomic E-state index is 11.6. The minimum atomic E-state index is -3.95. The van der Waals surface area contributed by atoms with Crippen LogP contribution in [0.1, 0.15) is 25.0 Å². The van der Waals surface area contributed by atoms with E-state index < -0.39 is 22.4 Å². The third kappa shape index (κ3) is 6.23. The SMILES string of the molecule is CC(C)OC(=O)NS(=O)(=O)NCc1cccc(CCl)c1. The van der Waals surface area contributed by atoms with Crippen LogP contribution in [0.4, 0.5) is 4.79 Å². The van der Waals surface area contributed by atoms with Gasteiger partial charge in [-0.05, 0) is 25.0 Å². The molecule has 1 aromatic carbocycles. The van der Waals surface area contributed by atoms with E-state index in [1.807, 2.05) is 6.07 Å². The van der Waals surface area contributed by atoms with E-state index in [9.17, 15) is 13.2 Å². The van der Waals surface area contributed by atoms with Crippen molar-refractivity contribution in [2.45, 2.75) is 32.4 Å². The van der Waals surface area contributed by atoms with Crippen molar-refractivity contribution in [1.29, 1.82) is 0 Å². The van der Waals surface area contributed by atoms with Gasteiger partial charge in [-0.3, -0.25) is 0 Å². The first-order valence-electron chi connectivity index (χ1n) is 5.94. The van der Waals surface area contributed by atoms with Gasteiger partial charge in [-0.2, -0.15) is 13.1 Å². The number of hydrogen-bond acceptors (Lipinski definition) is 4. The average Bonchev–Trinajstić information content (AvgIpc) is 2.35. The number of carbonyl (C=O) groups is 1. The minimum absolute atomic E-state index is 0.0506. The maximum absolute atomic E-state index is 11.6. The Morgan fingerprint density at radius 3 is 2.60 bits per heavy atom. The molecular weight excluding hydrogens is 304 g/mol. The van der Waals surface area contributed by atoms with Crippen LogP contribution in [-0.2, 0) is 27.4 Å². The van der Waals surface area contributed by atoms with E-state index in [2.05, 4.69) is 9.46 Å². The zero-order valence-corrected chi connectivity index (χ0v) is 12.8. The van der Waals surface area contributed by atoms with Crippen LogP contribution in [0, 0.1) is 0 Å². The number of carbonyl (C=O) groups excluding carboxylic acids is 1. The second kappa shape index (κ2) is 7.47. The fraction of sp³-hybridized carbons (Fsp3) is 0.417. The third-order valence-electron chi connectivity index (χ3n) is 2.17. The molecule has 0 aromatic heterocycles. The molecule has 0 atom stereocenters. The van der Waals surface area contributed by atoms with E-state index in [0.29, 0.717) is 5.88 Å². The molecule has 0 spiro atoms. The zero-order chi connectivity index (χ0) is 15.2. The Balaban J connectivity index is 2.56. The fourth-order valence-electron chi connectivity index (χ4n) is 1.39. The van der Waals surface area contributed by atoms with Crippen LogP contribution in [0.3, 0.4) is 0 Å². The largest absolute Gasteiger partial charge is 0.446 e. The second-order valence-corrected chi connectivity index (χ2v) is 6.10. The summed E-state index contributed by atoms with van der Waals surface area (Å²) >= 11 is 5.69. The normalized spacial score (nSPS) is 11.4. The summed E-state index contributed by atoms with van der Waals surface area (Å²) in [4.78, 5) is 11.2. The minimum Gasteiger partial charge on any atom is -0.446 e. The Kier molecular flexibility index (Phi) is 6.25. The van der Waals surface area contributed by atoms with Crippen molar-refractivity contribution < 1.29 is 17.9 Å². The fourth-order valence-corrected chi connectivity index (χ4v) is 2.25.